The summed E-state index contributed by atoms with van der Waals surface area (Å²) < 4.78 is 0. The Balaban J connectivity index is -0.0000000420. The molecule has 0 saturated heterocycles. The Bertz CT molecular complexity index is 174. The monoisotopic (exact) mass is 189 g/mol. The van der Waals surface area contributed by atoms with E-state index in [2.05, 4.69) is 0 Å². The highest BCUT2D eigenvalue weighted by molar-refractivity contribution is 5.62. The number of hydrogen-bond acceptors (Lipinski definition) is 7. The molecule has 13 heavy (non-hydrogen) atoms. The summed E-state index contributed by atoms with van der Waals surface area (Å²) in [7, 11) is 0. The van der Waals surface area contributed by atoms with Crippen LogP contribution in [-0.4, -0.2) is 29.3 Å². The van der Waals surface area contributed by atoms with Crippen molar-refractivity contribution in [1.29, 1.82) is 16.2 Å². The molecule has 0 aromatic carbocycles. The molecule has 0 aromatic heterocycles. The predicted molar refractivity (Wildman–Crippen MR) is 38.5 cm³/mol. The number of isocyanates is 3. The fraction of sp³-hybridized carbons (Fsp3) is 0.200. The highest BCUT2D eigenvalue weighted by atomic mass is 16.4. The third kappa shape index (κ3) is 97.4. The zero-order valence-corrected chi connectivity index (χ0v) is 6.58. The topological polar surface area (TPSA) is 160 Å². The van der Waals surface area contributed by atoms with Crippen LogP contribution in [0.25, 0.3) is 0 Å². The molecular formula is C5H7N3O5. The molecule has 0 heterocycles. The smallest absolute Gasteiger partial charge is 0.300 e. The Kier molecular flexibility index (Phi) is 94.3. The first-order valence-electron chi connectivity index (χ1n) is 2.29. The molecule has 0 amide bonds. The SMILES string of the molecule is CC(=O)O.N=C=O.N=C=O.N=C=O. The molecule has 0 aliphatic heterocycles. The first-order valence-corrected chi connectivity index (χ1v) is 2.29. The summed E-state index contributed by atoms with van der Waals surface area (Å²) in [6.45, 7) is 1.08. The average molecular weight is 189 g/mol. The zero-order chi connectivity index (χ0) is 11.7. The Morgan fingerprint density at radius 3 is 1.00 bits per heavy atom. The van der Waals surface area contributed by atoms with Crippen molar-refractivity contribution in [1.82, 2.24) is 0 Å². The van der Waals surface area contributed by atoms with Crippen LogP contribution in [-0.2, 0) is 19.2 Å². The van der Waals surface area contributed by atoms with E-state index >= 15 is 0 Å². The van der Waals surface area contributed by atoms with Gasteiger partial charge >= 0.3 is 0 Å². The molecule has 0 spiro atoms. The molecule has 0 bridgehead atoms. The Hall–Kier alpha value is -2.39. The van der Waals surface area contributed by atoms with Crippen molar-refractivity contribution in [3.05, 3.63) is 0 Å². The summed E-state index contributed by atoms with van der Waals surface area (Å²) in [6, 6.07) is 0. The predicted octanol–water partition coefficient (Wildman–Crippen LogP) is -0.206. The molecule has 0 aliphatic rings. The summed E-state index contributed by atoms with van der Waals surface area (Å²) in [5, 5.41) is 23.6. The van der Waals surface area contributed by atoms with Crippen LogP contribution in [0.1, 0.15) is 6.92 Å². The van der Waals surface area contributed by atoms with E-state index in [0.717, 1.165) is 25.2 Å². The van der Waals surface area contributed by atoms with E-state index in [0.29, 0.717) is 0 Å². The lowest BCUT2D eigenvalue weighted by Crippen LogP contribution is -1.78. The fourth-order valence-electron chi connectivity index (χ4n) is 0. The van der Waals surface area contributed by atoms with E-state index < -0.39 is 5.97 Å². The summed E-state index contributed by atoms with van der Waals surface area (Å²) in [4.78, 5) is 34.0. The van der Waals surface area contributed by atoms with Crippen molar-refractivity contribution in [2.24, 2.45) is 0 Å². The molecule has 0 unspecified atom stereocenters. The normalized spacial score (nSPS) is 3.77. The van der Waals surface area contributed by atoms with E-state index in [1.807, 2.05) is 0 Å². The van der Waals surface area contributed by atoms with Crippen LogP contribution < -0.4 is 0 Å². The first kappa shape index (κ1) is 22.4. The molecule has 8 heteroatoms. The largest absolute Gasteiger partial charge is 0.481 e. The van der Waals surface area contributed by atoms with Gasteiger partial charge in [0.1, 0.15) is 0 Å². The Labute approximate surface area is 72.7 Å². The standard InChI is InChI=1S/C2H4O2.3CHNO/c1-2(3)4;3*2-1-3/h1H3,(H,3,4);3*2H. The summed E-state index contributed by atoms with van der Waals surface area (Å²) >= 11 is 0. The lowest BCUT2D eigenvalue weighted by Gasteiger charge is -1.59. The lowest BCUT2D eigenvalue weighted by molar-refractivity contribution is -0.134. The van der Waals surface area contributed by atoms with Gasteiger partial charge in [-0.3, -0.25) is 4.79 Å². The number of carboxylic acids is 1. The highest BCUT2D eigenvalue weighted by Gasteiger charge is 1.65. The van der Waals surface area contributed by atoms with Gasteiger partial charge in [0.15, 0.2) is 0 Å². The van der Waals surface area contributed by atoms with Gasteiger partial charge in [-0.15, -0.1) is 0 Å². The minimum absolute atomic E-state index is 0.750. The number of carbonyl (C=O) groups excluding carboxylic acids is 3. The zero-order valence-electron chi connectivity index (χ0n) is 6.58. The van der Waals surface area contributed by atoms with Gasteiger partial charge in [-0.25, -0.2) is 30.6 Å². The van der Waals surface area contributed by atoms with Crippen molar-refractivity contribution in [3.8, 4) is 0 Å². The van der Waals surface area contributed by atoms with Crippen LogP contribution in [0.4, 0.5) is 0 Å². The van der Waals surface area contributed by atoms with Gasteiger partial charge in [0.2, 0.25) is 18.2 Å². The number of carboxylic acid groups (broad SMARTS) is 1. The van der Waals surface area contributed by atoms with Crippen molar-refractivity contribution in [3.63, 3.8) is 0 Å². The number of hydrogen-bond donors (Lipinski definition) is 4. The van der Waals surface area contributed by atoms with Crippen LogP contribution >= 0.6 is 0 Å². The van der Waals surface area contributed by atoms with Crippen molar-refractivity contribution >= 4 is 24.2 Å². The average Bonchev–Trinajstić information content (AvgIpc) is 1.88. The second-order valence-corrected chi connectivity index (χ2v) is 0.825. The van der Waals surface area contributed by atoms with Crippen LogP contribution in [0.3, 0.4) is 0 Å². The van der Waals surface area contributed by atoms with E-state index in [1.165, 1.54) is 0 Å². The minimum Gasteiger partial charge on any atom is -0.481 e. The van der Waals surface area contributed by atoms with Crippen LogP contribution in [0.15, 0.2) is 0 Å². The molecule has 72 valence electrons. The molecule has 0 atom stereocenters. The fourth-order valence-corrected chi connectivity index (χ4v) is 0. The molecular weight excluding hydrogens is 182 g/mol. The summed E-state index contributed by atoms with van der Waals surface area (Å²) in [5.74, 6) is -0.833. The van der Waals surface area contributed by atoms with Gasteiger partial charge in [-0.05, 0) is 0 Å². The lowest BCUT2D eigenvalue weighted by atomic mass is 10.9. The molecule has 0 rings (SSSR count). The molecule has 0 fully saturated rings. The van der Waals surface area contributed by atoms with Crippen LogP contribution in [0.5, 0.6) is 0 Å². The Morgan fingerprint density at radius 1 is 1.00 bits per heavy atom. The first-order chi connectivity index (χ1) is 5.97. The van der Waals surface area contributed by atoms with Crippen molar-refractivity contribution in [2.45, 2.75) is 6.92 Å². The van der Waals surface area contributed by atoms with Gasteiger partial charge in [0.25, 0.3) is 5.97 Å². The quantitative estimate of drug-likeness (QED) is 0.306. The van der Waals surface area contributed by atoms with Gasteiger partial charge in [0.05, 0.1) is 0 Å². The van der Waals surface area contributed by atoms with Gasteiger partial charge in [-0.1, -0.05) is 0 Å². The third-order valence-corrected chi connectivity index (χ3v) is 0. The van der Waals surface area contributed by atoms with Crippen LogP contribution in [0, 0.1) is 16.2 Å². The molecule has 0 aromatic rings. The van der Waals surface area contributed by atoms with E-state index in [-0.39, 0.29) is 0 Å². The maximum absolute atomic E-state index is 9.00. The van der Waals surface area contributed by atoms with Gasteiger partial charge in [0, 0.05) is 6.92 Å². The van der Waals surface area contributed by atoms with Crippen LogP contribution in [0.2, 0.25) is 0 Å². The number of rotatable bonds is 0. The second-order valence-electron chi connectivity index (χ2n) is 0.825. The maximum atomic E-state index is 9.00. The Morgan fingerprint density at radius 2 is 1.00 bits per heavy atom. The van der Waals surface area contributed by atoms with E-state index in [1.54, 1.807) is 0 Å². The van der Waals surface area contributed by atoms with Crippen molar-refractivity contribution < 1.29 is 24.3 Å². The van der Waals surface area contributed by atoms with E-state index in [4.69, 9.17) is 40.5 Å². The summed E-state index contributed by atoms with van der Waals surface area (Å²) in [6.07, 6.45) is 2.25. The molecule has 0 saturated carbocycles. The van der Waals surface area contributed by atoms with Gasteiger partial charge < -0.3 is 5.11 Å². The highest BCUT2D eigenvalue weighted by Crippen LogP contribution is 1.42. The summed E-state index contributed by atoms with van der Waals surface area (Å²) in [5.41, 5.74) is 0. The van der Waals surface area contributed by atoms with Crippen molar-refractivity contribution in [2.75, 3.05) is 0 Å². The minimum atomic E-state index is -0.833. The molecule has 4 N–H and O–H groups in total. The third-order valence-electron chi connectivity index (χ3n) is 0. The molecule has 8 nitrogen and oxygen atoms in total. The second kappa shape index (κ2) is 54.7. The molecule has 0 aliphatic carbocycles. The number of carbonyl (C=O) groups is 1. The maximum Gasteiger partial charge on any atom is 0.300 e. The van der Waals surface area contributed by atoms with Gasteiger partial charge in [-0.2, -0.15) is 0 Å². The number of aliphatic carboxylic acids is 1. The number of nitrogens with one attached hydrogen (secondary N) is 3. The van der Waals surface area contributed by atoms with E-state index in [9.17, 15) is 0 Å². The molecule has 0 radical (unpaired) electrons.